The summed E-state index contributed by atoms with van der Waals surface area (Å²) in [4.78, 5) is 0. The fourth-order valence-electron chi connectivity index (χ4n) is 2.00. The van der Waals surface area contributed by atoms with Gasteiger partial charge in [-0.05, 0) is 35.4 Å². The van der Waals surface area contributed by atoms with Crippen LogP contribution in [0.4, 0.5) is 0 Å². The molecule has 0 radical (unpaired) electrons. The van der Waals surface area contributed by atoms with E-state index in [4.69, 9.17) is 21.1 Å². The summed E-state index contributed by atoms with van der Waals surface area (Å²) in [6.45, 7) is 1.50. The van der Waals surface area contributed by atoms with Crippen LogP contribution in [-0.4, -0.2) is 14.2 Å². The van der Waals surface area contributed by atoms with Gasteiger partial charge in [0.15, 0.2) is 11.5 Å². The van der Waals surface area contributed by atoms with Crippen molar-refractivity contribution in [3.05, 3.63) is 57.0 Å². The first-order chi connectivity index (χ1) is 10.1. The van der Waals surface area contributed by atoms with Crippen LogP contribution in [0, 0.1) is 0 Å². The smallest absolute Gasteiger partial charge is 0.161 e. The van der Waals surface area contributed by atoms with Crippen LogP contribution >= 0.6 is 27.5 Å². The zero-order chi connectivity index (χ0) is 15.2. The highest BCUT2D eigenvalue weighted by Gasteiger charge is 2.05. The highest BCUT2D eigenvalue weighted by Crippen LogP contribution is 2.27. The second-order valence-electron chi connectivity index (χ2n) is 4.53. The van der Waals surface area contributed by atoms with Gasteiger partial charge in [0.1, 0.15) is 0 Å². The Hall–Kier alpha value is -1.23. The van der Waals surface area contributed by atoms with E-state index in [1.54, 1.807) is 14.2 Å². The van der Waals surface area contributed by atoms with Crippen LogP contribution in [0.1, 0.15) is 11.1 Å². The number of rotatable bonds is 6. The maximum atomic E-state index is 5.93. The summed E-state index contributed by atoms with van der Waals surface area (Å²) in [5.74, 6) is 1.48. The molecule has 21 heavy (non-hydrogen) atoms. The lowest BCUT2D eigenvalue weighted by Gasteiger charge is -2.11. The van der Waals surface area contributed by atoms with Gasteiger partial charge in [-0.15, -0.1) is 0 Å². The third kappa shape index (κ3) is 4.37. The van der Waals surface area contributed by atoms with E-state index in [1.165, 1.54) is 5.56 Å². The number of halogens is 2. The van der Waals surface area contributed by atoms with Crippen LogP contribution < -0.4 is 14.8 Å². The fraction of sp³-hybridized carbons (Fsp3) is 0.250. The fourth-order valence-corrected chi connectivity index (χ4v) is 2.82. The highest BCUT2D eigenvalue weighted by molar-refractivity contribution is 9.10. The number of benzene rings is 2. The van der Waals surface area contributed by atoms with E-state index in [-0.39, 0.29) is 0 Å². The van der Waals surface area contributed by atoms with Crippen LogP contribution in [0.15, 0.2) is 40.9 Å². The summed E-state index contributed by atoms with van der Waals surface area (Å²) in [6.07, 6.45) is 0. The number of hydrogen-bond donors (Lipinski definition) is 1. The number of ether oxygens (including phenoxy) is 2. The van der Waals surface area contributed by atoms with Gasteiger partial charge in [-0.1, -0.05) is 39.7 Å². The van der Waals surface area contributed by atoms with Crippen molar-refractivity contribution in [2.24, 2.45) is 0 Å². The SMILES string of the molecule is COc1ccc(CNCc2ccc(Cl)cc2Br)cc1OC. The topological polar surface area (TPSA) is 30.5 Å². The Bertz CT molecular complexity index is 619. The van der Waals surface area contributed by atoms with Crippen LogP contribution in [0.5, 0.6) is 11.5 Å². The molecule has 5 heteroatoms. The van der Waals surface area contributed by atoms with E-state index in [0.717, 1.165) is 39.6 Å². The van der Waals surface area contributed by atoms with Crippen LogP contribution in [0.25, 0.3) is 0 Å². The highest BCUT2D eigenvalue weighted by atomic mass is 79.9. The molecule has 3 nitrogen and oxygen atoms in total. The normalized spacial score (nSPS) is 10.5. The van der Waals surface area contributed by atoms with E-state index in [0.29, 0.717) is 0 Å². The number of hydrogen-bond acceptors (Lipinski definition) is 3. The first kappa shape index (κ1) is 16.1. The first-order valence-corrected chi connectivity index (χ1v) is 7.66. The van der Waals surface area contributed by atoms with E-state index in [2.05, 4.69) is 21.2 Å². The third-order valence-corrected chi connectivity index (χ3v) is 4.08. The minimum atomic E-state index is 0.727. The predicted octanol–water partition coefficient (Wildman–Crippen LogP) is 4.41. The molecule has 0 saturated carbocycles. The minimum Gasteiger partial charge on any atom is -0.493 e. The van der Waals surface area contributed by atoms with E-state index < -0.39 is 0 Å². The molecule has 0 aliphatic heterocycles. The molecule has 0 bridgehead atoms. The van der Waals surface area contributed by atoms with Gasteiger partial charge in [0, 0.05) is 22.6 Å². The molecule has 0 spiro atoms. The first-order valence-electron chi connectivity index (χ1n) is 6.49. The molecule has 0 atom stereocenters. The maximum absolute atomic E-state index is 5.93. The average Bonchev–Trinajstić information content (AvgIpc) is 2.49. The second kappa shape index (κ2) is 7.69. The Kier molecular flexibility index (Phi) is 5.91. The Morgan fingerprint density at radius 1 is 1.00 bits per heavy atom. The quantitative estimate of drug-likeness (QED) is 0.817. The molecule has 112 valence electrons. The zero-order valence-electron chi connectivity index (χ0n) is 12.0. The molecule has 0 amide bonds. The summed E-state index contributed by atoms with van der Waals surface area (Å²) < 4.78 is 11.5. The van der Waals surface area contributed by atoms with E-state index >= 15 is 0 Å². The Balaban J connectivity index is 1.97. The van der Waals surface area contributed by atoms with Crippen LogP contribution in [0.3, 0.4) is 0 Å². The van der Waals surface area contributed by atoms with Crippen molar-refractivity contribution in [1.29, 1.82) is 0 Å². The summed E-state index contributed by atoms with van der Waals surface area (Å²) in [5.41, 5.74) is 2.30. The molecule has 0 aliphatic carbocycles. The van der Waals surface area contributed by atoms with Crippen LogP contribution in [-0.2, 0) is 13.1 Å². The largest absolute Gasteiger partial charge is 0.493 e. The summed E-state index contributed by atoms with van der Waals surface area (Å²) >= 11 is 9.45. The molecule has 2 aromatic carbocycles. The number of methoxy groups -OCH3 is 2. The van der Waals surface area contributed by atoms with Crippen molar-refractivity contribution in [3.63, 3.8) is 0 Å². The molecule has 2 aromatic rings. The third-order valence-electron chi connectivity index (χ3n) is 3.11. The lowest BCUT2D eigenvalue weighted by atomic mass is 10.2. The van der Waals surface area contributed by atoms with Crippen molar-refractivity contribution in [3.8, 4) is 11.5 Å². The molecule has 0 unspecified atom stereocenters. The summed E-state index contributed by atoms with van der Waals surface area (Å²) in [5, 5.41) is 4.12. The van der Waals surface area contributed by atoms with Gasteiger partial charge in [0.2, 0.25) is 0 Å². The molecule has 0 aliphatic rings. The zero-order valence-corrected chi connectivity index (χ0v) is 14.3. The van der Waals surface area contributed by atoms with Crippen molar-refractivity contribution < 1.29 is 9.47 Å². The van der Waals surface area contributed by atoms with Gasteiger partial charge in [-0.25, -0.2) is 0 Å². The van der Waals surface area contributed by atoms with E-state index in [1.807, 2.05) is 36.4 Å². The monoisotopic (exact) mass is 369 g/mol. The molecule has 0 fully saturated rings. The van der Waals surface area contributed by atoms with Crippen molar-refractivity contribution in [1.82, 2.24) is 5.32 Å². The molecule has 1 N–H and O–H groups in total. The van der Waals surface area contributed by atoms with Gasteiger partial charge in [-0.2, -0.15) is 0 Å². The van der Waals surface area contributed by atoms with Crippen molar-refractivity contribution in [2.45, 2.75) is 13.1 Å². The average molecular weight is 371 g/mol. The standard InChI is InChI=1S/C16H17BrClNO2/c1-20-15-6-3-11(7-16(15)21-2)9-19-10-12-4-5-13(18)8-14(12)17/h3-8,19H,9-10H2,1-2H3. The van der Waals surface area contributed by atoms with Gasteiger partial charge in [-0.3, -0.25) is 0 Å². The predicted molar refractivity (Wildman–Crippen MR) is 89.2 cm³/mol. The van der Waals surface area contributed by atoms with Crippen LogP contribution in [0.2, 0.25) is 5.02 Å². The molecular weight excluding hydrogens is 354 g/mol. The van der Waals surface area contributed by atoms with Crippen molar-refractivity contribution in [2.75, 3.05) is 14.2 Å². The molecular formula is C16H17BrClNO2. The Morgan fingerprint density at radius 2 is 1.76 bits per heavy atom. The van der Waals surface area contributed by atoms with Gasteiger partial charge >= 0.3 is 0 Å². The van der Waals surface area contributed by atoms with Gasteiger partial charge in [0.25, 0.3) is 0 Å². The second-order valence-corrected chi connectivity index (χ2v) is 5.82. The Morgan fingerprint density at radius 3 is 2.43 bits per heavy atom. The lowest BCUT2D eigenvalue weighted by Crippen LogP contribution is -2.13. The molecule has 0 aromatic heterocycles. The van der Waals surface area contributed by atoms with Gasteiger partial charge < -0.3 is 14.8 Å². The number of nitrogens with one attached hydrogen (secondary N) is 1. The van der Waals surface area contributed by atoms with E-state index in [9.17, 15) is 0 Å². The molecule has 0 saturated heterocycles. The lowest BCUT2D eigenvalue weighted by molar-refractivity contribution is 0.354. The Labute approximate surface area is 138 Å². The van der Waals surface area contributed by atoms with Gasteiger partial charge in [0.05, 0.1) is 14.2 Å². The summed E-state index contributed by atoms with van der Waals surface area (Å²) in [6, 6.07) is 11.7. The maximum Gasteiger partial charge on any atom is 0.161 e. The molecule has 2 rings (SSSR count). The summed E-state index contributed by atoms with van der Waals surface area (Å²) in [7, 11) is 3.27. The van der Waals surface area contributed by atoms with Crippen molar-refractivity contribution >= 4 is 27.5 Å². The molecule has 0 heterocycles. The minimum absolute atomic E-state index is 0.727.